The lowest BCUT2D eigenvalue weighted by atomic mass is 10.2. The zero-order valence-electron chi connectivity index (χ0n) is 14.6. The first-order valence-electron chi connectivity index (χ1n) is 8.27. The molecular formula is C20H20N2O2S2. The molecule has 0 aliphatic heterocycles. The van der Waals surface area contributed by atoms with Crippen LogP contribution < -0.4 is 5.32 Å². The molecule has 3 aromatic rings. The van der Waals surface area contributed by atoms with E-state index in [2.05, 4.69) is 10.3 Å². The first-order valence-corrected chi connectivity index (χ1v) is 10.5. The highest BCUT2D eigenvalue weighted by atomic mass is 32.2. The zero-order chi connectivity index (χ0) is 18.5. The van der Waals surface area contributed by atoms with Gasteiger partial charge in [0.05, 0.1) is 11.4 Å². The molecule has 0 bridgehead atoms. The molecule has 0 aliphatic rings. The molecule has 0 radical (unpaired) electrons. The van der Waals surface area contributed by atoms with Crippen LogP contribution in [0.4, 0.5) is 5.69 Å². The molecule has 0 unspecified atom stereocenters. The van der Waals surface area contributed by atoms with Crippen molar-refractivity contribution in [2.24, 2.45) is 0 Å². The van der Waals surface area contributed by atoms with E-state index in [4.69, 9.17) is 0 Å². The van der Waals surface area contributed by atoms with Crippen molar-refractivity contribution < 1.29 is 9.00 Å². The summed E-state index contributed by atoms with van der Waals surface area (Å²) in [5, 5.41) is 5.00. The summed E-state index contributed by atoms with van der Waals surface area (Å²) in [6.45, 7) is 3.73. The molecule has 0 fully saturated rings. The summed E-state index contributed by atoms with van der Waals surface area (Å²) in [6, 6.07) is 17.3. The summed E-state index contributed by atoms with van der Waals surface area (Å²) < 4.78 is 12.5. The number of carbonyl (C=O) groups excluding carboxylic acids is 1. The molecule has 3 rings (SSSR count). The molecule has 1 aromatic heterocycles. The van der Waals surface area contributed by atoms with Crippen LogP contribution in [0.3, 0.4) is 0 Å². The van der Waals surface area contributed by atoms with E-state index in [1.165, 1.54) is 16.9 Å². The van der Waals surface area contributed by atoms with Crippen LogP contribution in [-0.2, 0) is 21.3 Å². The fourth-order valence-corrected chi connectivity index (χ4v) is 4.28. The van der Waals surface area contributed by atoms with Gasteiger partial charge in [-0.05, 0) is 26.0 Å². The molecule has 0 spiro atoms. The number of amides is 1. The van der Waals surface area contributed by atoms with Gasteiger partial charge in [-0.25, -0.2) is 4.98 Å². The van der Waals surface area contributed by atoms with Gasteiger partial charge in [0.1, 0.15) is 10.3 Å². The number of hydrogen-bond acceptors (Lipinski definition) is 4. The maximum absolute atomic E-state index is 12.5. The second-order valence-corrected chi connectivity index (χ2v) is 8.65. The van der Waals surface area contributed by atoms with E-state index in [0.717, 1.165) is 16.3 Å². The fourth-order valence-electron chi connectivity index (χ4n) is 2.36. The zero-order valence-corrected chi connectivity index (χ0v) is 16.3. The van der Waals surface area contributed by atoms with Gasteiger partial charge in [0.2, 0.25) is 5.91 Å². The summed E-state index contributed by atoms with van der Waals surface area (Å²) in [7, 11) is -1.33. The van der Waals surface area contributed by atoms with Crippen LogP contribution >= 0.6 is 11.3 Å². The first kappa shape index (κ1) is 18.5. The number of para-hydroxylation sites is 1. The number of nitrogens with one attached hydrogen (secondary N) is 1. The van der Waals surface area contributed by atoms with E-state index in [-0.39, 0.29) is 11.7 Å². The van der Waals surface area contributed by atoms with E-state index in [1.54, 1.807) is 6.92 Å². The van der Waals surface area contributed by atoms with Gasteiger partial charge in [-0.2, -0.15) is 0 Å². The Kier molecular flexibility index (Phi) is 5.96. The Hall–Kier alpha value is -2.31. The monoisotopic (exact) mass is 384 g/mol. The lowest BCUT2D eigenvalue weighted by molar-refractivity contribution is -0.115. The van der Waals surface area contributed by atoms with Crippen LogP contribution in [0.5, 0.6) is 0 Å². The van der Waals surface area contributed by atoms with Gasteiger partial charge in [-0.1, -0.05) is 48.0 Å². The van der Waals surface area contributed by atoms with Crippen molar-refractivity contribution in [2.75, 3.05) is 5.32 Å². The largest absolute Gasteiger partial charge is 0.325 e. The predicted molar refractivity (Wildman–Crippen MR) is 109 cm³/mol. The maximum Gasteiger partial charge on any atom is 0.239 e. The smallest absolute Gasteiger partial charge is 0.239 e. The van der Waals surface area contributed by atoms with Crippen LogP contribution in [-0.4, -0.2) is 20.3 Å². The Bertz CT molecular complexity index is 905. The van der Waals surface area contributed by atoms with E-state index >= 15 is 0 Å². The molecule has 1 heterocycles. The number of carbonyl (C=O) groups is 1. The van der Waals surface area contributed by atoms with E-state index in [0.29, 0.717) is 5.69 Å². The van der Waals surface area contributed by atoms with Gasteiger partial charge in [-0.3, -0.25) is 9.00 Å². The third kappa shape index (κ3) is 4.65. The van der Waals surface area contributed by atoms with Crippen molar-refractivity contribution in [1.82, 2.24) is 4.98 Å². The normalized spacial score (nSPS) is 13.2. The topological polar surface area (TPSA) is 59.1 Å². The minimum atomic E-state index is -1.33. The Morgan fingerprint density at radius 2 is 1.85 bits per heavy atom. The van der Waals surface area contributed by atoms with Gasteiger partial charge in [0, 0.05) is 27.4 Å². The van der Waals surface area contributed by atoms with Gasteiger partial charge in [0.15, 0.2) is 0 Å². The lowest BCUT2D eigenvalue weighted by Crippen LogP contribution is -2.29. The molecule has 0 aliphatic carbocycles. The fraction of sp³-hybridized carbons (Fsp3) is 0.200. The molecule has 26 heavy (non-hydrogen) atoms. The summed E-state index contributed by atoms with van der Waals surface area (Å²) in [5.41, 5.74) is 3.71. The first-order chi connectivity index (χ1) is 12.5. The number of hydrogen-bond donors (Lipinski definition) is 1. The highest BCUT2D eigenvalue weighted by Crippen LogP contribution is 2.25. The Morgan fingerprint density at radius 1 is 1.15 bits per heavy atom. The average molecular weight is 385 g/mol. The van der Waals surface area contributed by atoms with Gasteiger partial charge in [0.25, 0.3) is 0 Å². The van der Waals surface area contributed by atoms with Crippen LogP contribution in [0.2, 0.25) is 0 Å². The molecule has 1 N–H and O–H groups in total. The van der Waals surface area contributed by atoms with E-state index < -0.39 is 16.0 Å². The summed E-state index contributed by atoms with van der Waals surface area (Å²) in [4.78, 5) is 16.9. The molecule has 6 heteroatoms. The van der Waals surface area contributed by atoms with Crippen molar-refractivity contribution in [3.63, 3.8) is 0 Å². The number of benzene rings is 2. The second-order valence-electron chi connectivity index (χ2n) is 6.03. The van der Waals surface area contributed by atoms with Crippen LogP contribution in [0.15, 0.2) is 60.0 Å². The number of anilines is 1. The van der Waals surface area contributed by atoms with Crippen molar-refractivity contribution in [2.45, 2.75) is 24.9 Å². The highest BCUT2D eigenvalue weighted by molar-refractivity contribution is 7.85. The number of nitrogens with zero attached hydrogens (tertiary/aromatic N) is 1. The molecule has 2 aromatic carbocycles. The predicted octanol–water partition coefficient (Wildman–Crippen LogP) is 4.39. The summed E-state index contributed by atoms with van der Waals surface area (Å²) in [5.74, 6) is 0.0228. The number of aryl methyl sites for hydroxylation is 1. The Labute approximate surface area is 159 Å². The van der Waals surface area contributed by atoms with Crippen LogP contribution in [0.1, 0.15) is 18.2 Å². The molecule has 0 saturated heterocycles. The lowest BCUT2D eigenvalue weighted by Gasteiger charge is -2.11. The minimum absolute atomic E-state index is 0.247. The van der Waals surface area contributed by atoms with E-state index in [9.17, 15) is 9.00 Å². The molecule has 134 valence electrons. The third-order valence-electron chi connectivity index (χ3n) is 3.95. The highest BCUT2D eigenvalue weighted by Gasteiger charge is 2.21. The molecule has 2 atom stereocenters. The van der Waals surface area contributed by atoms with Crippen molar-refractivity contribution in [3.8, 4) is 10.6 Å². The van der Waals surface area contributed by atoms with Crippen molar-refractivity contribution >= 4 is 33.7 Å². The standard InChI is InChI=1S/C20H20N2O2S2/c1-14-8-10-16(11-9-14)20-22-18(12-25-20)13-26(24)15(2)19(23)21-17-6-4-3-5-7-17/h3-12,15H,13H2,1-2H3,(H,21,23)/t15-,26-/m1/s1. The van der Waals surface area contributed by atoms with Crippen LogP contribution in [0, 0.1) is 6.92 Å². The van der Waals surface area contributed by atoms with E-state index in [1.807, 2.05) is 66.9 Å². The minimum Gasteiger partial charge on any atom is -0.325 e. The molecule has 1 amide bonds. The second kappa shape index (κ2) is 8.38. The Balaban J connectivity index is 1.62. The summed E-state index contributed by atoms with van der Waals surface area (Å²) >= 11 is 1.53. The molecular weight excluding hydrogens is 364 g/mol. The van der Waals surface area contributed by atoms with Gasteiger partial charge >= 0.3 is 0 Å². The van der Waals surface area contributed by atoms with Gasteiger partial charge < -0.3 is 5.32 Å². The number of aromatic nitrogens is 1. The van der Waals surface area contributed by atoms with Crippen molar-refractivity contribution in [3.05, 3.63) is 71.2 Å². The quantitative estimate of drug-likeness (QED) is 0.685. The SMILES string of the molecule is Cc1ccc(-c2nc(C[S@@](=O)[C@H](C)C(=O)Nc3ccccc3)cs2)cc1. The molecule has 4 nitrogen and oxygen atoms in total. The molecule has 0 saturated carbocycles. The van der Waals surface area contributed by atoms with Gasteiger partial charge in [-0.15, -0.1) is 11.3 Å². The summed E-state index contributed by atoms with van der Waals surface area (Å²) in [6.07, 6.45) is 0. The maximum atomic E-state index is 12.5. The average Bonchev–Trinajstić information content (AvgIpc) is 3.11. The van der Waals surface area contributed by atoms with Crippen molar-refractivity contribution in [1.29, 1.82) is 0 Å². The number of thiazole rings is 1. The third-order valence-corrected chi connectivity index (χ3v) is 6.47. The number of rotatable bonds is 6. The Morgan fingerprint density at radius 3 is 2.54 bits per heavy atom. The van der Waals surface area contributed by atoms with Crippen LogP contribution in [0.25, 0.3) is 10.6 Å².